The molecule has 0 saturated heterocycles. The number of benzene rings is 1. The van der Waals surface area contributed by atoms with Gasteiger partial charge in [0.1, 0.15) is 18.4 Å². The third-order valence-corrected chi connectivity index (χ3v) is 2.37. The third kappa shape index (κ3) is 5.25. The highest BCUT2D eigenvalue weighted by atomic mass is 16.5. The summed E-state index contributed by atoms with van der Waals surface area (Å²) in [6, 6.07) is 6.44. The maximum Gasteiger partial charge on any atom is 0.243 e. The minimum atomic E-state index is -0.711. The standard InChI is InChI=1S/C13H20N2O4/c1-17-7-8-19-12-6-4-3-5-11(12)15-13(16)10(14)9-18-2/h3-6,10H,7-9,14H2,1-2H3,(H,15,16). The van der Waals surface area contributed by atoms with E-state index in [0.717, 1.165) is 0 Å². The number of rotatable bonds is 8. The molecule has 6 heteroatoms. The van der Waals surface area contributed by atoms with Crippen LogP contribution in [0.4, 0.5) is 5.69 Å². The fourth-order valence-electron chi connectivity index (χ4n) is 1.41. The Kier molecular flexibility index (Phi) is 6.88. The predicted octanol–water partition coefficient (Wildman–Crippen LogP) is 0.624. The molecule has 0 aromatic heterocycles. The first-order chi connectivity index (χ1) is 9.19. The van der Waals surface area contributed by atoms with Gasteiger partial charge in [-0.25, -0.2) is 0 Å². The number of ether oxygens (including phenoxy) is 3. The molecule has 0 aliphatic carbocycles. The molecule has 1 amide bonds. The molecule has 106 valence electrons. The minimum absolute atomic E-state index is 0.165. The molecule has 1 aromatic carbocycles. The number of nitrogens with one attached hydrogen (secondary N) is 1. The number of carbonyl (C=O) groups excluding carboxylic acids is 1. The van der Waals surface area contributed by atoms with E-state index in [0.29, 0.717) is 24.7 Å². The SMILES string of the molecule is COCCOc1ccccc1NC(=O)C(N)COC. The second-order valence-electron chi connectivity index (χ2n) is 3.89. The highest BCUT2D eigenvalue weighted by molar-refractivity contribution is 5.96. The van der Waals surface area contributed by atoms with Crippen LogP contribution in [0.1, 0.15) is 0 Å². The van der Waals surface area contributed by atoms with E-state index in [1.165, 1.54) is 7.11 Å². The lowest BCUT2D eigenvalue weighted by atomic mass is 10.2. The fourth-order valence-corrected chi connectivity index (χ4v) is 1.41. The van der Waals surface area contributed by atoms with Gasteiger partial charge in [-0.3, -0.25) is 4.79 Å². The van der Waals surface area contributed by atoms with Crippen molar-refractivity contribution in [2.45, 2.75) is 6.04 Å². The highest BCUT2D eigenvalue weighted by Gasteiger charge is 2.14. The van der Waals surface area contributed by atoms with E-state index in [2.05, 4.69) is 5.32 Å². The maximum atomic E-state index is 11.8. The van der Waals surface area contributed by atoms with E-state index >= 15 is 0 Å². The molecular formula is C13H20N2O4. The molecule has 1 unspecified atom stereocenters. The summed E-state index contributed by atoms with van der Waals surface area (Å²) in [5, 5.41) is 2.71. The Balaban J connectivity index is 2.63. The Morgan fingerprint density at radius 1 is 1.26 bits per heavy atom. The van der Waals surface area contributed by atoms with Gasteiger partial charge in [-0.1, -0.05) is 12.1 Å². The monoisotopic (exact) mass is 268 g/mol. The summed E-state index contributed by atoms with van der Waals surface area (Å²) in [4.78, 5) is 11.8. The topological polar surface area (TPSA) is 82.8 Å². The molecule has 0 radical (unpaired) electrons. The predicted molar refractivity (Wildman–Crippen MR) is 72.3 cm³/mol. The average molecular weight is 268 g/mol. The Labute approximate surface area is 112 Å². The van der Waals surface area contributed by atoms with Crippen molar-refractivity contribution in [2.24, 2.45) is 5.73 Å². The number of hydrogen-bond acceptors (Lipinski definition) is 5. The van der Waals surface area contributed by atoms with Gasteiger partial charge in [-0.2, -0.15) is 0 Å². The number of nitrogens with two attached hydrogens (primary N) is 1. The van der Waals surface area contributed by atoms with Crippen LogP contribution >= 0.6 is 0 Å². The summed E-state index contributed by atoms with van der Waals surface area (Å²) in [6.45, 7) is 1.05. The van der Waals surface area contributed by atoms with Crippen LogP contribution in [-0.4, -0.2) is 46.0 Å². The van der Waals surface area contributed by atoms with Crippen molar-refractivity contribution in [3.05, 3.63) is 24.3 Å². The second-order valence-corrected chi connectivity index (χ2v) is 3.89. The van der Waals surface area contributed by atoms with Crippen molar-refractivity contribution in [3.63, 3.8) is 0 Å². The zero-order valence-corrected chi connectivity index (χ0v) is 11.2. The summed E-state index contributed by atoms with van der Waals surface area (Å²) in [7, 11) is 3.09. The van der Waals surface area contributed by atoms with Gasteiger partial charge in [0, 0.05) is 14.2 Å². The maximum absolute atomic E-state index is 11.8. The summed E-state index contributed by atoms with van der Waals surface area (Å²) in [6.07, 6.45) is 0. The average Bonchev–Trinajstić information content (AvgIpc) is 2.41. The van der Waals surface area contributed by atoms with Crippen molar-refractivity contribution in [3.8, 4) is 5.75 Å². The van der Waals surface area contributed by atoms with Crippen LogP contribution in [0.5, 0.6) is 5.75 Å². The lowest BCUT2D eigenvalue weighted by Crippen LogP contribution is -2.39. The molecule has 1 aromatic rings. The van der Waals surface area contributed by atoms with Gasteiger partial charge in [0.15, 0.2) is 0 Å². The normalized spacial score (nSPS) is 11.9. The van der Waals surface area contributed by atoms with E-state index in [1.54, 1.807) is 25.3 Å². The van der Waals surface area contributed by atoms with Crippen LogP contribution < -0.4 is 15.8 Å². The molecule has 0 bridgehead atoms. The summed E-state index contributed by atoms with van der Waals surface area (Å²) in [5.74, 6) is 0.266. The van der Waals surface area contributed by atoms with Crippen LogP contribution in [0.2, 0.25) is 0 Å². The molecule has 0 saturated carbocycles. The molecule has 6 nitrogen and oxygen atoms in total. The van der Waals surface area contributed by atoms with Gasteiger partial charge in [-0.05, 0) is 12.1 Å². The largest absolute Gasteiger partial charge is 0.489 e. The minimum Gasteiger partial charge on any atom is -0.489 e. The number of hydrogen-bond donors (Lipinski definition) is 2. The van der Waals surface area contributed by atoms with Gasteiger partial charge in [0.05, 0.1) is 18.9 Å². The molecule has 3 N–H and O–H groups in total. The molecule has 0 aliphatic heterocycles. The first kappa shape index (κ1) is 15.4. The lowest BCUT2D eigenvalue weighted by molar-refractivity contribution is -0.118. The van der Waals surface area contributed by atoms with Crippen LogP contribution in [-0.2, 0) is 14.3 Å². The number of methoxy groups -OCH3 is 2. The van der Waals surface area contributed by atoms with Crippen molar-refractivity contribution in [2.75, 3.05) is 39.4 Å². The van der Waals surface area contributed by atoms with E-state index in [-0.39, 0.29) is 12.5 Å². The van der Waals surface area contributed by atoms with Crippen LogP contribution in [0, 0.1) is 0 Å². The summed E-state index contributed by atoms with van der Waals surface area (Å²) >= 11 is 0. The first-order valence-corrected chi connectivity index (χ1v) is 5.95. The van der Waals surface area contributed by atoms with Crippen LogP contribution in [0.25, 0.3) is 0 Å². The Hall–Kier alpha value is -1.63. The Bertz CT molecular complexity index is 398. The smallest absolute Gasteiger partial charge is 0.243 e. The van der Waals surface area contributed by atoms with Gasteiger partial charge in [0.2, 0.25) is 5.91 Å². The molecule has 0 fully saturated rings. The number of para-hydroxylation sites is 2. The molecule has 0 heterocycles. The van der Waals surface area contributed by atoms with Crippen molar-refractivity contribution in [1.29, 1.82) is 0 Å². The molecule has 0 aliphatic rings. The van der Waals surface area contributed by atoms with Gasteiger partial charge in [-0.15, -0.1) is 0 Å². The fraction of sp³-hybridized carbons (Fsp3) is 0.462. The summed E-state index contributed by atoms with van der Waals surface area (Å²) in [5.41, 5.74) is 6.23. The first-order valence-electron chi connectivity index (χ1n) is 5.95. The van der Waals surface area contributed by atoms with Crippen LogP contribution in [0.3, 0.4) is 0 Å². The third-order valence-electron chi connectivity index (χ3n) is 2.37. The number of anilines is 1. The van der Waals surface area contributed by atoms with Gasteiger partial charge >= 0.3 is 0 Å². The van der Waals surface area contributed by atoms with Gasteiger partial charge in [0.25, 0.3) is 0 Å². The van der Waals surface area contributed by atoms with E-state index in [4.69, 9.17) is 19.9 Å². The molecule has 0 spiro atoms. The van der Waals surface area contributed by atoms with E-state index in [1.807, 2.05) is 6.07 Å². The Morgan fingerprint density at radius 2 is 2.00 bits per heavy atom. The quantitative estimate of drug-likeness (QED) is 0.675. The molecule has 1 atom stereocenters. The molecule has 1 rings (SSSR count). The molecular weight excluding hydrogens is 248 g/mol. The number of carbonyl (C=O) groups is 1. The van der Waals surface area contributed by atoms with Crippen LogP contribution in [0.15, 0.2) is 24.3 Å². The summed E-state index contributed by atoms with van der Waals surface area (Å²) < 4.78 is 15.3. The molecule has 19 heavy (non-hydrogen) atoms. The van der Waals surface area contributed by atoms with E-state index in [9.17, 15) is 4.79 Å². The van der Waals surface area contributed by atoms with E-state index < -0.39 is 6.04 Å². The highest BCUT2D eigenvalue weighted by Crippen LogP contribution is 2.23. The van der Waals surface area contributed by atoms with Crippen molar-refractivity contribution < 1.29 is 19.0 Å². The van der Waals surface area contributed by atoms with Gasteiger partial charge < -0.3 is 25.3 Å². The zero-order valence-electron chi connectivity index (χ0n) is 11.2. The van der Waals surface area contributed by atoms with Crippen molar-refractivity contribution in [1.82, 2.24) is 0 Å². The zero-order chi connectivity index (χ0) is 14.1. The lowest BCUT2D eigenvalue weighted by Gasteiger charge is -2.14. The second kappa shape index (κ2) is 8.47. The van der Waals surface area contributed by atoms with Crippen molar-refractivity contribution >= 4 is 11.6 Å². The Morgan fingerprint density at radius 3 is 2.68 bits per heavy atom. The number of amides is 1.